The third kappa shape index (κ3) is 5.28. The van der Waals surface area contributed by atoms with Crippen molar-refractivity contribution in [3.05, 3.63) is 63.3 Å². The molecule has 0 spiro atoms. The monoisotopic (exact) mass is 525 g/mol. The van der Waals surface area contributed by atoms with Crippen molar-refractivity contribution in [2.75, 3.05) is 12.4 Å². The molecule has 1 amide bonds. The van der Waals surface area contributed by atoms with Gasteiger partial charge in [-0.3, -0.25) is 9.48 Å². The minimum Gasteiger partial charge on any atom is -0.497 e. The van der Waals surface area contributed by atoms with E-state index in [0.717, 1.165) is 15.9 Å². The molecule has 3 rings (SSSR count). The number of methoxy groups -OCH3 is 1. The molecular formula is C21H21BrClN3O4S. The number of aromatic nitrogens is 2. The predicted octanol–water partition coefficient (Wildman–Crippen LogP) is 4.79. The first-order valence-corrected chi connectivity index (χ1v) is 12.0. The minimum atomic E-state index is -3.82. The van der Waals surface area contributed by atoms with Crippen LogP contribution >= 0.6 is 27.5 Å². The summed E-state index contributed by atoms with van der Waals surface area (Å²) in [5, 5.41) is 7.56. The van der Waals surface area contributed by atoms with Gasteiger partial charge in [-0.25, -0.2) is 8.42 Å². The summed E-state index contributed by atoms with van der Waals surface area (Å²) < 4.78 is 33.9. The molecular weight excluding hydrogens is 506 g/mol. The van der Waals surface area contributed by atoms with Crippen LogP contribution in [-0.4, -0.2) is 31.2 Å². The average Bonchev–Trinajstić information content (AvgIpc) is 2.99. The Hall–Kier alpha value is -2.36. The normalized spacial score (nSPS) is 11.4. The number of amides is 1. The molecule has 1 N–H and O–H groups in total. The number of carbonyl (C=O) groups excluding carboxylic acids is 1. The number of nitrogens with one attached hydrogen (secondary N) is 1. The van der Waals surface area contributed by atoms with E-state index >= 15 is 0 Å². The molecule has 0 saturated heterocycles. The zero-order valence-corrected chi connectivity index (χ0v) is 20.3. The van der Waals surface area contributed by atoms with Gasteiger partial charge in [0.1, 0.15) is 5.75 Å². The standard InChI is InChI=1S/C21H21BrClN3O4S/c1-13-21(22)14(2)26(25-13)9-8-20(27)24-16-10-17(30-3)12-19(11-16)31(28,29)18-6-4-15(23)5-7-18/h4-7,10-12H,8-9H2,1-3H3,(H,24,27). The first kappa shape index (κ1) is 23.3. The highest BCUT2D eigenvalue weighted by molar-refractivity contribution is 9.10. The van der Waals surface area contributed by atoms with E-state index in [-0.39, 0.29) is 22.1 Å². The van der Waals surface area contributed by atoms with Crippen LogP contribution in [0.4, 0.5) is 5.69 Å². The second-order valence-electron chi connectivity index (χ2n) is 6.86. The van der Waals surface area contributed by atoms with Gasteiger partial charge in [0.2, 0.25) is 15.7 Å². The molecule has 0 aliphatic rings. The molecule has 31 heavy (non-hydrogen) atoms. The van der Waals surface area contributed by atoms with Crippen molar-refractivity contribution in [2.45, 2.75) is 36.6 Å². The third-order valence-electron chi connectivity index (χ3n) is 4.68. The lowest BCUT2D eigenvalue weighted by Gasteiger charge is -2.12. The molecule has 0 unspecified atom stereocenters. The SMILES string of the molecule is COc1cc(NC(=O)CCn2nc(C)c(Br)c2C)cc(S(=O)(=O)c2ccc(Cl)cc2)c1. The molecule has 10 heteroatoms. The average molecular weight is 527 g/mol. The number of hydrogen-bond acceptors (Lipinski definition) is 5. The summed E-state index contributed by atoms with van der Waals surface area (Å²) in [5.41, 5.74) is 2.11. The lowest BCUT2D eigenvalue weighted by Crippen LogP contribution is -2.16. The summed E-state index contributed by atoms with van der Waals surface area (Å²) in [7, 11) is -2.39. The molecule has 0 bridgehead atoms. The molecule has 164 valence electrons. The quantitative estimate of drug-likeness (QED) is 0.478. The second kappa shape index (κ2) is 9.42. The summed E-state index contributed by atoms with van der Waals surface area (Å²) in [6, 6.07) is 10.3. The smallest absolute Gasteiger partial charge is 0.226 e. The van der Waals surface area contributed by atoms with Crippen molar-refractivity contribution in [3.8, 4) is 5.75 Å². The van der Waals surface area contributed by atoms with Crippen LogP contribution in [0.3, 0.4) is 0 Å². The van der Waals surface area contributed by atoms with E-state index in [1.54, 1.807) is 10.7 Å². The Labute approximate surface area is 194 Å². The van der Waals surface area contributed by atoms with E-state index in [4.69, 9.17) is 16.3 Å². The van der Waals surface area contributed by atoms with Crippen LogP contribution in [0.1, 0.15) is 17.8 Å². The van der Waals surface area contributed by atoms with Crippen LogP contribution in [-0.2, 0) is 21.2 Å². The Morgan fingerprint density at radius 1 is 1.16 bits per heavy atom. The number of sulfone groups is 1. The number of nitrogens with zero attached hydrogens (tertiary/aromatic N) is 2. The number of carbonyl (C=O) groups is 1. The molecule has 0 atom stereocenters. The summed E-state index contributed by atoms with van der Waals surface area (Å²) in [6.45, 7) is 4.19. The number of benzene rings is 2. The maximum absolute atomic E-state index is 13.0. The van der Waals surface area contributed by atoms with Gasteiger partial charge >= 0.3 is 0 Å². The molecule has 1 aromatic heterocycles. The number of anilines is 1. The highest BCUT2D eigenvalue weighted by atomic mass is 79.9. The number of ether oxygens (including phenoxy) is 1. The highest BCUT2D eigenvalue weighted by Crippen LogP contribution is 2.29. The van der Waals surface area contributed by atoms with Crippen LogP contribution < -0.4 is 10.1 Å². The molecule has 0 aliphatic carbocycles. The summed E-state index contributed by atoms with van der Waals surface area (Å²) >= 11 is 9.32. The van der Waals surface area contributed by atoms with E-state index in [9.17, 15) is 13.2 Å². The van der Waals surface area contributed by atoms with Gasteiger partial charge in [-0.15, -0.1) is 0 Å². The summed E-state index contributed by atoms with van der Waals surface area (Å²) in [6.07, 6.45) is 0.172. The van der Waals surface area contributed by atoms with E-state index in [0.29, 0.717) is 23.0 Å². The molecule has 0 saturated carbocycles. The Morgan fingerprint density at radius 3 is 2.42 bits per heavy atom. The minimum absolute atomic E-state index is 0.00643. The fourth-order valence-corrected chi connectivity index (χ4v) is 4.72. The van der Waals surface area contributed by atoms with Crippen molar-refractivity contribution in [1.82, 2.24) is 9.78 Å². The first-order valence-electron chi connectivity index (χ1n) is 9.31. The van der Waals surface area contributed by atoms with Gasteiger partial charge < -0.3 is 10.1 Å². The Balaban J connectivity index is 1.80. The summed E-state index contributed by atoms with van der Waals surface area (Å²) in [4.78, 5) is 12.6. The molecule has 0 fully saturated rings. The van der Waals surface area contributed by atoms with Gasteiger partial charge in [-0.2, -0.15) is 5.10 Å². The second-order valence-corrected chi connectivity index (χ2v) is 10.0. The Kier molecular flexibility index (Phi) is 7.08. The van der Waals surface area contributed by atoms with Crippen LogP contribution in [0.5, 0.6) is 5.75 Å². The van der Waals surface area contributed by atoms with Crippen molar-refractivity contribution >= 4 is 49.0 Å². The highest BCUT2D eigenvalue weighted by Gasteiger charge is 2.20. The van der Waals surface area contributed by atoms with Gasteiger partial charge in [0, 0.05) is 28.9 Å². The fourth-order valence-electron chi connectivity index (χ4n) is 2.99. The zero-order valence-electron chi connectivity index (χ0n) is 17.1. The zero-order chi connectivity index (χ0) is 22.8. The van der Waals surface area contributed by atoms with Crippen LogP contribution in [0.2, 0.25) is 5.02 Å². The largest absolute Gasteiger partial charge is 0.497 e. The molecule has 0 aliphatic heterocycles. The predicted molar refractivity (Wildman–Crippen MR) is 123 cm³/mol. The van der Waals surface area contributed by atoms with Crippen LogP contribution in [0.25, 0.3) is 0 Å². The number of aryl methyl sites for hydroxylation is 2. The van der Waals surface area contributed by atoms with Gasteiger partial charge in [-0.05, 0) is 66.2 Å². The van der Waals surface area contributed by atoms with E-state index in [2.05, 4.69) is 26.3 Å². The third-order valence-corrected chi connectivity index (χ3v) is 7.83. The Bertz CT molecular complexity index is 1220. The van der Waals surface area contributed by atoms with Gasteiger partial charge in [0.25, 0.3) is 0 Å². The van der Waals surface area contributed by atoms with Crippen LogP contribution in [0.15, 0.2) is 56.7 Å². The van der Waals surface area contributed by atoms with Gasteiger partial charge in [0.15, 0.2) is 0 Å². The number of halogens is 2. The van der Waals surface area contributed by atoms with Crippen molar-refractivity contribution < 1.29 is 17.9 Å². The topological polar surface area (TPSA) is 90.3 Å². The van der Waals surface area contributed by atoms with Crippen molar-refractivity contribution in [3.63, 3.8) is 0 Å². The maximum atomic E-state index is 13.0. The molecule has 3 aromatic rings. The van der Waals surface area contributed by atoms with Gasteiger partial charge in [-0.1, -0.05) is 11.6 Å². The van der Waals surface area contributed by atoms with Crippen LogP contribution in [0, 0.1) is 13.8 Å². The van der Waals surface area contributed by atoms with Crippen molar-refractivity contribution in [1.29, 1.82) is 0 Å². The molecule has 7 nitrogen and oxygen atoms in total. The van der Waals surface area contributed by atoms with E-state index in [1.807, 2.05) is 13.8 Å². The lowest BCUT2D eigenvalue weighted by molar-refractivity contribution is -0.116. The lowest BCUT2D eigenvalue weighted by atomic mass is 10.3. The molecule has 2 aromatic carbocycles. The van der Waals surface area contributed by atoms with E-state index < -0.39 is 9.84 Å². The van der Waals surface area contributed by atoms with Gasteiger partial charge in [0.05, 0.1) is 33.6 Å². The van der Waals surface area contributed by atoms with Crippen molar-refractivity contribution in [2.24, 2.45) is 0 Å². The number of rotatable bonds is 7. The molecule has 1 heterocycles. The summed E-state index contributed by atoms with van der Waals surface area (Å²) in [5.74, 6) is 0.0413. The first-order chi connectivity index (χ1) is 14.6. The molecule has 0 radical (unpaired) electrons. The Morgan fingerprint density at radius 2 is 1.84 bits per heavy atom. The van der Waals surface area contributed by atoms with E-state index in [1.165, 1.54) is 43.5 Å². The number of hydrogen-bond donors (Lipinski definition) is 1. The fraction of sp³-hybridized carbons (Fsp3) is 0.238. The maximum Gasteiger partial charge on any atom is 0.226 e.